The van der Waals surface area contributed by atoms with E-state index in [1.807, 2.05) is 68.4 Å². The van der Waals surface area contributed by atoms with E-state index >= 15 is 0 Å². The van der Waals surface area contributed by atoms with Crippen LogP contribution in [0.5, 0.6) is 11.5 Å². The van der Waals surface area contributed by atoms with Gasteiger partial charge in [0.2, 0.25) is 5.79 Å². The molecule has 1 amide bonds. The summed E-state index contributed by atoms with van der Waals surface area (Å²) in [7, 11) is 0. The maximum Gasteiger partial charge on any atom is 0.410 e. The van der Waals surface area contributed by atoms with Crippen molar-refractivity contribution in [1.82, 2.24) is 4.90 Å². The van der Waals surface area contributed by atoms with Gasteiger partial charge in [0.05, 0.1) is 32.1 Å². The Kier molecular flexibility index (Phi) is 9.51. The second-order valence-corrected chi connectivity index (χ2v) is 10.9. The van der Waals surface area contributed by atoms with Crippen molar-refractivity contribution in [2.24, 2.45) is 16.5 Å². The van der Waals surface area contributed by atoms with Crippen molar-refractivity contribution in [1.29, 1.82) is 5.41 Å². The minimum absolute atomic E-state index is 0.209. The van der Waals surface area contributed by atoms with Crippen LogP contribution in [-0.4, -0.2) is 55.1 Å². The van der Waals surface area contributed by atoms with Crippen LogP contribution in [0, 0.1) is 5.41 Å². The summed E-state index contributed by atoms with van der Waals surface area (Å²) in [6, 6.07) is 20.2. The smallest absolute Gasteiger partial charge is 0.410 e. The summed E-state index contributed by atoms with van der Waals surface area (Å²) >= 11 is 0. The van der Waals surface area contributed by atoms with Gasteiger partial charge >= 0.3 is 6.09 Å². The predicted molar refractivity (Wildman–Crippen MR) is 163 cm³/mol. The molecule has 12 nitrogen and oxygen atoms in total. The lowest BCUT2D eigenvalue weighted by Gasteiger charge is -2.32. The normalized spacial score (nSPS) is 17.4. The maximum atomic E-state index is 12.6. The molecule has 1 fully saturated rings. The molecule has 232 valence electrons. The van der Waals surface area contributed by atoms with E-state index in [0.717, 1.165) is 33.8 Å². The average molecular weight is 604 g/mol. The van der Waals surface area contributed by atoms with Crippen molar-refractivity contribution in [2.75, 3.05) is 26.3 Å². The monoisotopic (exact) mass is 603 g/mol. The third-order valence-corrected chi connectivity index (χ3v) is 7.00. The molecule has 5 rings (SSSR count). The maximum absolute atomic E-state index is 12.6. The van der Waals surface area contributed by atoms with E-state index in [-0.39, 0.29) is 18.2 Å². The molecule has 0 bridgehead atoms. The van der Waals surface area contributed by atoms with Crippen LogP contribution >= 0.6 is 0 Å². The zero-order chi connectivity index (χ0) is 31.1. The number of rotatable bonds is 11. The standard InChI is InChI=1S/C32H37N5O7/c1-32(2)41-20-24-17-23(8-11-27(24)44-32)28-18-37(31(38)42-28)13-12-21-6-9-26(10-7-21)40-15-14-39-19-22-4-3-5-25(16-22)36-30(35)43-29(33)34/h3-11,16-17,28H,12-15,18-20H2,1-2H3,(H3,33,34)(H2,35,36)/t28-/m0/s1. The number of hydrogen-bond acceptors (Lipinski definition) is 9. The number of aliphatic imine (C=N–C) groups is 1. The Morgan fingerprint density at radius 3 is 2.68 bits per heavy atom. The molecule has 0 aromatic heterocycles. The van der Waals surface area contributed by atoms with Gasteiger partial charge in [0.15, 0.2) is 0 Å². The number of carbonyl (C=O) groups is 1. The van der Waals surface area contributed by atoms with E-state index in [1.54, 1.807) is 17.0 Å². The van der Waals surface area contributed by atoms with Crippen LogP contribution in [0.3, 0.4) is 0 Å². The molecule has 44 heavy (non-hydrogen) atoms. The van der Waals surface area contributed by atoms with Crippen molar-refractivity contribution < 1.29 is 33.2 Å². The van der Waals surface area contributed by atoms with Gasteiger partial charge in [-0.2, -0.15) is 4.99 Å². The molecule has 0 saturated carbocycles. The van der Waals surface area contributed by atoms with Crippen LogP contribution in [0.4, 0.5) is 10.5 Å². The van der Waals surface area contributed by atoms with Crippen LogP contribution in [0.2, 0.25) is 0 Å². The highest BCUT2D eigenvalue weighted by molar-refractivity contribution is 5.87. The van der Waals surface area contributed by atoms with Crippen molar-refractivity contribution in [2.45, 2.75) is 45.4 Å². The molecule has 0 spiro atoms. The number of cyclic esters (lactones) is 1. The lowest BCUT2D eigenvalue weighted by atomic mass is 10.0. The third-order valence-electron chi connectivity index (χ3n) is 7.00. The third kappa shape index (κ3) is 8.39. The number of ether oxygens (including phenoxy) is 6. The van der Waals surface area contributed by atoms with E-state index in [9.17, 15) is 4.79 Å². The molecule has 2 aliphatic rings. The Bertz CT molecular complexity index is 1510. The highest BCUT2D eigenvalue weighted by atomic mass is 16.7. The first-order valence-electron chi connectivity index (χ1n) is 14.3. The molecule has 0 aliphatic carbocycles. The number of fused-ring (bicyclic) bond motifs is 1. The van der Waals surface area contributed by atoms with Gasteiger partial charge in [-0.05, 0) is 59.5 Å². The molecule has 2 aliphatic heterocycles. The molecule has 12 heteroatoms. The predicted octanol–water partition coefficient (Wildman–Crippen LogP) is 4.52. The Hall–Kier alpha value is -4.81. The summed E-state index contributed by atoms with van der Waals surface area (Å²) in [5.74, 6) is 0.879. The SMILES string of the molecule is CC1(C)OCc2cc([C@@H]3CN(CCc4ccc(OCCOCc5cccc(N=C(N)OC(=N)N)c5)cc4)C(=O)O3)ccc2O1. The van der Waals surface area contributed by atoms with Crippen LogP contribution in [-0.2, 0) is 38.6 Å². The van der Waals surface area contributed by atoms with E-state index in [0.29, 0.717) is 51.6 Å². The number of benzene rings is 3. The van der Waals surface area contributed by atoms with Crippen LogP contribution in [0.15, 0.2) is 71.7 Å². The zero-order valence-corrected chi connectivity index (χ0v) is 24.8. The first kappa shape index (κ1) is 30.6. The second kappa shape index (κ2) is 13.7. The first-order chi connectivity index (χ1) is 21.1. The van der Waals surface area contributed by atoms with E-state index < -0.39 is 11.8 Å². The molecule has 1 saturated heterocycles. The summed E-state index contributed by atoms with van der Waals surface area (Å²) in [6.45, 7) is 6.41. The van der Waals surface area contributed by atoms with Crippen molar-refractivity contribution in [3.05, 3.63) is 89.0 Å². The van der Waals surface area contributed by atoms with Crippen molar-refractivity contribution in [3.8, 4) is 11.5 Å². The molecule has 3 aromatic carbocycles. The Labute approximate surface area is 256 Å². The summed E-state index contributed by atoms with van der Waals surface area (Å²) in [6.07, 6.45) is 0.0538. The summed E-state index contributed by atoms with van der Waals surface area (Å²) in [4.78, 5) is 18.4. The first-order valence-corrected chi connectivity index (χ1v) is 14.3. The van der Waals surface area contributed by atoms with Gasteiger partial charge in [0, 0.05) is 26.0 Å². The summed E-state index contributed by atoms with van der Waals surface area (Å²) in [5.41, 5.74) is 15.2. The van der Waals surface area contributed by atoms with E-state index in [1.165, 1.54) is 0 Å². The molecule has 2 heterocycles. The van der Waals surface area contributed by atoms with Crippen LogP contribution in [0.25, 0.3) is 0 Å². The summed E-state index contributed by atoms with van der Waals surface area (Å²) < 4.78 is 33.6. The highest BCUT2D eigenvalue weighted by Gasteiger charge is 2.33. The molecule has 1 atom stereocenters. The largest absolute Gasteiger partial charge is 0.491 e. The number of carbonyl (C=O) groups excluding carboxylic acids is 1. The molecular formula is C32H37N5O7. The average Bonchev–Trinajstić information content (AvgIpc) is 3.35. The van der Waals surface area contributed by atoms with E-state index in [4.69, 9.17) is 45.3 Å². The van der Waals surface area contributed by atoms with Crippen molar-refractivity contribution in [3.63, 3.8) is 0 Å². The second-order valence-electron chi connectivity index (χ2n) is 10.9. The number of amides is 1. The van der Waals surface area contributed by atoms with Gasteiger partial charge in [0.25, 0.3) is 12.0 Å². The van der Waals surface area contributed by atoms with Crippen molar-refractivity contribution >= 4 is 23.8 Å². The van der Waals surface area contributed by atoms with Gasteiger partial charge in [-0.25, -0.2) is 4.79 Å². The number of amidine groups is 2. The number of nitrogens with two attached hydrogens (primary N) is 2. The quantitative estimate of drug-likeness (QED) is 0.162. The van der Waals surface area contributed by atoms with E-state index in [2.05, 4.69) is 4.99 Å². The molecule has 0 radical (unpaired) electrons. The fourth-order valence-corrected chi connectivity index (χ4v) is 4.83. The van der Waals surface area contributed by atoms with Gasteiger partial charge < -0.3 is 44.8 Å². The topological polar surface area (TPSA) is 164 Å². The van der Waals surface area contributed by atoms with Crippen LogP contribution in [0.1, 0.15) is 42.2 Å². The van der Waals surface area contributed by atoms with Crippen LogP contribution < -0.4 is 20.9 Å². The zero-order valence-electron chi connectivity index (χ0n) is 24.8. The molecule has 3 aromatic rings. The Morgan fingerprint density at radius 2 is 1.89 bits per heavy atom. The number of nitrogens with zero attached hydrogens (tertiary/aromatic N) is 2. The molecular weight excluding hydrogens is 566 g/mol. The van der Waals surface area contributed by atoms with Gasteiger partial charge in [-0.1, -0.05) is 30.3 Å². The Balaban J connectivity index is 1.02. The lowest BCUT2D eigenvalue weighted by molar-refractivity contribution is -0.180. The Morgan fingerprint density at radius 1 is 1.07 bits per heavy atom. The molecule has 5 N–H and O–H groups in total. The molecule has 0 unspecified atom stereocenters. The fraction of sp³-hybridized carbons (Fsp3) is 0.344. The minimum Gasteiger partial charge on any atom is -0.491 e. The fourth-order valence-electron chi connectivity index (χ4n) is 4.83. The highest BCUT2D eigenvalue weighted by Crippen LogP contribution is 2.35. The number of nitrogens with one attached hydrogen (secondary N) is 1. The minimum atomic E-state index is -0.652. The van der Waals surface area contributed by atoms with Gasteiger partial charge in [-0.3, -0.25) is 5.41 Å². The lowest BCUT2D eigenvalue weighted by Crippen LogP contribution is -2.35. The number of hydrogen-bond donors (Lipinski definition) is 3. The van der Waals surface area contributed by atoms with Gasteiger partial charge in [0.1, 0.15) is 24.2 Å². The summed E-state index contributed by atoms with van der Waals surface area (Å²) in [5, 5.41) is 7.09. The van der Waals surface area contributed by atoms with Gasteiger partial charge in [-0.15, -0.1) is 0 Å².